The van der Waals surface area contributed by atoms with Crippen LogP contribution in [0.5, 0.6) is 17.2 Å². The minimum atomic E-state index is -0.534. The average molecular weight is 504 g/mol. The second-order valence-electron chi connectivity index (χ2n) is 7.35. The number of hydrogen-bond acceptors (Lipinski definition) is 7. The highest BCUT2D eigenvalue weighted by atomic mass is 35.5. The van der Waals surface area contributed by atoms with Gasteiger partial charge in [0.2, 0.25) is 0 Å². The Kier molecular flexibility index (Phi) is 8.41. The van der Waals surface area contributed by atoms with Crippen molar-refractivity contribution < 1.29 is 28.5 Å². The lowest BCUT2D eigenvalue weighted by atomic mass is 10.0. The molecule has 7 nitrogen and oxygen atoms in total. The van der Waals surface area contributed by atoms with E-state index >= 15 is 0 Å². The van der Waals surface area contributed by atoms with Crippen molar-refractivity contribution in [3.05, 3.63) is 57.4 Å². The molecule has 0 aliphatic rings. The van der Waals surface area contributed by atoms with Gasteiger partial charge < -0.3 is 24.3 Å². The van der Waals surface area contributed by atoms with E-state index in [1.165, 1.54) is 18.4 Å². The van der Waals surface area contributed by atoms with E-state index in [1.54, 1.807) is 43.7 Å². The predicted octanol–water partition coefficient (Wildman–Crippen LogP) is 5.90. The molecule has 1 amide bonds. The molecular formula is C25H26ClNO6S. The molecule has 2 aromatic carbocycles. The van der Waals surface area contributed by atoms with Gasteiger partial charge in [0, 0.05) is 16.0 Å². The van der Waals surface area contributed by atoms with Crippen LogP contribution < -0.4 is 19.5 Å². The number of benzene rings is 2. The first-order chi connectivity index (χ1) is 16.3. The minimum Gasteiger partial charge on any atom is -0.493 e. The summed E-state index contributed by atoms with van der Waals surface area (Å²) in [5.74, 6) is 0.689. The Morgan fingerprint density at radius 2 is 1.71 bits per heavy atom. The van der Waals surface area contributed by atoms with E-state index < -0.39 is 11.9 Å². The number of hydrogen-bond donors (Lipinski definition) is 1. The van der Waals surface area contributed by atoms with E-state index in [0.29, 0.717) is 32.8 Å². The van der Waals surface area contributed by atoms with Crippen LogP contribution in [0.25, 0.3) is 11.1 Å². The topological polar surface area (TPSA) is 83.1 Å². The van der Waals surface area contributed by atoms with Gasteiger partial charge >= 0.3 is 5.97 Å². The third-order valence-electron chi connectivity index (χ3n) is 5.00. The van der Waals surface area contributed by atoms with Gasteiger partial charge in [-0.05, 0) is 61.7 Å². The van der Waals surface area contributed by atoms with Crippen LogP contribution in [0.2, 0.25) is 5.02 Å². The summed E-state index contributed by atoms with van der Waals surface area (Å²) < 4.78 is 21.6. The first kappa shape index (κ1) is 25.4. The van der Waals surface area contributed by atoms with Crippen LogP contribution in [0, 0.1) is 13.8 Å². The van der Waals surface area contributed by atoms with Crippen LogP contribution in [-0.4, -0.2) is 39.3 Å². The molecule has 180 valence electrons. The molecule has 3 rings (SSSR count). The van der Waals surface area contributed by atoms with E-state index in [4.69, 9.17) is 30.5 Å². The zero-order chi connectivity index (χ0) is 24.8. The van der Waals surface area contributed by atoms with E-state index in [1.807, 2.05) is 19.9 Å². The van der Waals surface area contributed by atoms with Crippen molar-refractivity contribution in [1.82, 2.24) is 0 Å². The Morgan fingerprint density at radius 3 is 2.32 bits per heavy atom. The van der Waals surface area contributed by atoms with Gasteiger partial charge in [-0.2, -0.15) is 0 Å². The summed E-state index contributed by atoms with van der Waals surface area (Å²) in [6.45, 7) is 5.44. The first-order valence-electron chi connectivity index (χ1n) is 10.5. The highest BCUT2D eigenvalue weighted by Gasteiger charge is 2.24. The average Bonchev–Trinajstić information content (AvgIpc) is 3.24. The molecule has 0 radical (unpaired) electrons. The van der Waals surface area contributed by atoms with E-state index in [-0.39, 0.29) is 18.8 Å². The number of halogens is 1. The molecule has 9 heteroatoms. The maximum Gasteiger partial charge on any atom is 0.341 e. The van der Waals surface area contributed by atoms with Crippen LogP contribution in [0.1, 0.15) is 28.4 Å². The fourth-order valence-corrected chi connectivity index (χ4v) is 4.46. The largest absolute Gasteiger partial charge is 0.493 e. The van der Waals surface area contributed by atoms with Gasteiger partial charge in [0.05, 0.1) is 20.8 Å². The summed E-state index contributed by atoms with van der Waals surface area (Å²) in [7, 11) is 3.09. The van der Waals surface area contributed by atoms with Gasteiger partial charge in [-0.3, -0.25) is 4.79 Å². The molecule has 0 atom stereocenters. The maximum atomic E-state index is 12.8. The molecule has 0 fully saturated rings. The van der Waals surface area contributed by atoms with Gasteiger partial charge in [-0.25, -0.2) is 4.79 Å². The molecular weight excluding hydrogens is 478 g/mol. The number of ether oxygens (including phenoxy) is 4. The maximum absolute atomic E-state index is 12.8. The first-order valence-corrected chi connectivity index (χ1v) is 11.7. The highest BCUT2D eigenvalue weighted by molar-refractivity contribution is 7.15. The zero-order valence-electron chi connectivity index (χ0n) is 19.6. The standard InChI is InChI=1S/C25H26ClNO6S/c1-6-32-25(29)22-18(16-7-8-19(30-4)20(11-16)31-5)13-34-24(22)27-21(28)12-33-17-9-14(2)23(26)15(3)10-17/h7-11,13H,6,12H2,1-5H3,(H,27,28). The van der Waals surface area contributed by atoms with Crippen LogP contribution in [-0.2, 0) is 9.53 Å². The second kappa shape index (κ2) is 11.3. The summed E-state index contributed by atoms with van der Waals surface area (Å²) >= 11 is 7.42. The number of methoxy groups -OCH3 is 2. The van der Waals surface area contributed by atoms with E-state index in [0.717, 1.165) is 16.7 Å². The zero-order valence-corrected chi connectivity index (χ0v) is 21.2. The van der Waals surface area contributed by atoms with Crippen molar-refractivity contribution in [2.75, 3.05) is 32.8 Å². The molecule has 1 aromatic heterocycles. The van der Waals surface area contributed by atoms with E-state index in [2.05, 4.69) is 5.32 Å². The Bertz CT molecular complexity index is 1180. The predicted molar refractivity (Wildman–Crippen MR) is 134 cm³/mol. The van der Waals surface area contributed by atoms with Gasteiger partial charge in [-0.1, -0.05) is 17.7 Å². The number of nitrogens with one attached hydrogen (secondary N) is 1. The third kappa shape index (κ3) is 5.63. The van der Waals surface area contributed by atoms with Crippen LogP contribution >= 0.6 is 22.9 Å². The number of amides is 1. The monoisotopic (exact) mass is 503 g/mol. The normalized spacial score (nSPS) is 10.5. The van der Waals surface area contributed by atoms with Crippen molar-refractivity contribution in [3.63, 3.8) is 0 Å². The quantitative estimate of drug-likeness (QED) is 0.366. The van der Waals surface area contributed by atoms with Crippen LogP contribution in [0.4, 0.5) is 5.00 Å². The summed E-state index contributed by atoms with van der Waals surface area (Å²) in [6, 6.07) is 8.87. The molecule has 0 unspecified atom stereocenters. The van der Waals surface area contributed by atoms with Gasteiger partial charge in [0.25, 0.3) is 5.91 Å². The summed E-state index contributed by atoms with van der Waals surface area (Å²) in [5.41, 5.74) is 3.33. The lowest BCUT2D eigenvalue weighted by Crippen LogP contribution is -2.21. The van der Waals surface area contributed by atoms with Crippen LogP contribution in [0.15, 0.2) is 35.7 Å². The summed E-state index contributed by atoms with van der Waals surface area (Å²) in [6.07, 6.45) is 0. The van der Waals surface area contributed by atoms with Gasteiger partial charge in [-0.15, -0.1) is 11.3 Å². The van der Waals surface area contributed by atoms with Crippen molar-refractivity contribution in [1.29, 1.82) is 0 Å². The third-order valence-corrected chi connectivity index (χ3v) is 6.49. The number of carbonyl (C=O) groups excluding carboxylic acids is 2. The van der Waals surface area contributed by atoms with Gasteiger partial charge in [0.1, 0.15) is 16.3 Å². The molecule has 0 bridgehead atoms. The van der Waals surface area contributed by atoms with Crippen molar-refractivity contribution in [2.24, 2.45) is 0 Å². The number of aryl methyl sites for hydroxylation is 2. The molecule has 34 heavy (non-hydrogen) atoms. The number of esters is 1. The smallest absolute Gasteiger partial charge is 0.341 e. The molecule has 0 aliphatic heterocycles. The number of rotatable bonds is 9. The molecule has 0 saturated heterocycles. The van der Waals surface area contributed by atoms with Gasteiger partial charge in [0.15, 0.2) is 18.1 Å². The molecule has 3 aromatic rings. The van der Waals surface area contributed by atoms with Crippen molar-refractivity contribution in [3.8, 4) is 28.4 Å². The number of carbonyl (C=O) groups is 2. The fraction of sp³-hybridized carbons (Fsp3) is 0.280. The number of anilines is 1. The SMILES string of the molecule is CCOC(=O)c1c(-c2ccc(OC)c(OC)c2)csc1NC(=O)COc1cc(C)c(Cl)c(C)c1. The summed E-state index contributed by atoms with van der Waals surface area (Å²) in [4.78, 5) is 25.4. The summed E-state index contributed by atoms with van der Waals surface area (Å²) in [5, 5.41) is 5.60. The lowest BCUT2D eigenvalue weighted by Gasteiger charge is -2.12. The Morgan fingerprint density at radius 1 is 1.03 bits per heavy atom. The van der Waals surface area contributed by atoms with Crippen molar-refractivity contribution in [2.45, 2.75) is 20.8 Å². The Balaban J connectivity index is 1.85. The molecule has 0 spiro atoms. The lowest BCUT2D eigenvalue weighted by molar-refractivity contribution is -0.118. The molecule has 0 aliphatic carbocycles. The number of thiophene rings is 1. The minimum absolute atomic E-state index is 0.200. The Hall–Kier alpha value is -3.23. The van der Waals surface area contributed by atoms with Crippen LogP contribution in [0.3, 0.4) is 0 Å². The molecule has 0 saturated carbocycles. The molecule has 1 N–H and O–H groups in total. The Labute approximate surface area is 207 Å². The van der Waals surface area contributed by atoms with Crippen molar-refractivity contribution >= 4 is 39.8 Å². The second-order valence-corrected chi connectivity index (χ2v) is 8.61. The highest BCUT2D eigenvalue weighted by Crippen LogP contribution is 2.39. The fourth-order valence-electron chi connectivity index (χ4n) is 3.37. The van der Waals surface area contributed by atoms with E-state index in [9.17, 15) is 9.59 Å². The molecule has 1 heterocycles.